The minimum absolute atomic E-state index is 0.0928. The molecule has 12 unspecified atom stereocenters. The number of nitrogens with two attached hydrogens (primary N) is 6. The molecule has 0 radical (unpaired) electrons. The van der Waals surface area contributed by atoms with Gasteiger partial charge in [0.05, 0.1) is 5.54 Å². The summed E-state index contributed by atoms with van der Waals surface area (Å²) in [7, 11) is 0. The van der Waals surface area contributed by atoms with Gasteiger partial charge < -0.3 is 34.4 Å². The summed E-state index contributed by atoms with van der Waals surface area (Å²) in [6.07, 6.45) is 9.25. The minimum atomic E-state index is -0.763. The zero-order chi connectivity index (χ0) is 25.2. The predicted molar refractivity (Wildman–Crippen MR) is 140 cm³/mol. The normalized spacial score (nSPS) is 58.0. The molecule has 0 amide bonds. The Labute approximate surface area is 207 Å². The lowest BCUT2D eigenvalue weighted by atomic mass is 9.36. The van der Waals surface area contributed by atoms with Crippen LogP contribution in [0.25, 0.3) is 0 Å². The highest BCUT2D eigenvalue weighted by molar-refractivity contribution is 5.38. The number of allylic oxidation sites excluding steroid dienone is 1. The Hall–Kier alpha value is -0.500. The second-order valence-electron chi connectivity index (χ2n) is 14.9. The van der Waals surface area contributed by atoms with Crippen molar-refractivity contribution >= 4 is 0 Å². The van der Waals surface area contributed by atoms with Crippen LogP contribution in [0.3, 0.4) is 0 Å². The molecule has 0 aromatic carbocycles. The van der Waals surface area contributed by atoms with E-state index >= 15 is 0 Å². The molecule has 0 saturated heterocycles. The van der Waals surface area contributed by atoms with Gasteiger partial charge in [0.2, 0.25) is 0 Å². The molecule has 0 aromatic rings. The quantitative estimate of drug-likeness (QED) is 0.297. The summed E-state index contributed by atoms with van der Waals surface area (Å²) in [5.41, 5.74) is 42.6. The first kappa shape index (κ1) is 25.2. The summed E-state index contributed by atoms with van der Waals surface area (Å²) >= 11 is 0. The van der Waals surface area contributed by atoms with Crippen molar-refractivity contribution < 1.29 is 0 Å². The van der Waals surface area contributed by atoms with Gasteiger partial charge in [0.1, 0.15) is 0 Å². The third-order valence-electron chi connectivity index (χ3n) is 12.8. The molecule has 0 spiro atoms. The van der Waals surface area contributed by atoms with Crippen LogP contribution in [0.1, 0.15) is 80.1 Å². The summed E-state index contributed by atoms with van der Waals surface area (Å²) in [5.74, 6) is 1.60. The zero-order valence-electron chi connectivity index (χ0n) is 22.5. The van der Waals surface area contributed by atoms with Crippen molar-refractivity contribution in [3.63, 3.8) is 0 Å². The van der Waals surface area contributed by atoms with Gasteiger partial charge in [-0.1, -0.05) is 53.2 Å². The Morgan fingerprint density at radius 2 is 1.38 bits per heavy atom. The Morgan fingerprint density at radius 3 is 2.03 bits per heavy atom. The van der Waals surface area contributed by atoms with Crippen molar-refractivity contribution in [3.05, 3.63) is 11.6 Å². The predicted octanol–water partition coefficient (Wildman–Crippen LogP) is 2.19. The van der Waals surface area contributed by atoms with Crippen molar-refractivity contribution in [1.29, 1.82) is 0 Å². The second kappa shape index (κ2) is 7.29. The Bertz CT molecular complexity index is 882. The number of hydrogen-bond acceptors (Lipinski definition) is 6. The lowest BCUT2D eigenvalue weighted by Gasteiger charge is -2.70. The smallest absolute Gasteiger partial charge is 0.0558 e. The summed E-state index contributed by atoms with van der Waals surface area (Å²) in [6.45, 7) is 14.4. The average molecular weight is 473 g/mol. The van der Waals surface area contributed by atoms with Gasteiger partial charge in [-0.2, -0.15) is 0 Å². The van der Waals surface area contributed by atoms with E-state index in [1.165, 1.54) is 24.8 Å². The highest BCUT2D eigenvalue weighted by atomic mass is 15.0. The van der Waals surface area contributed by atoms with Gasteiger partial charge in [0.25, 0.3) is 0 Å². The maximum absolute atomic E-state index is 7.19. The topological polar surface area (TPSA) is 156 Å². The van der Waals surface area contributed by atoms with Crippen LogP contribution in [0.15, 0.2) is 11.6 Å². The van der Waals surface area contributed by atoms with E-state index in [4.69, 9.17) is 34.4 Å². The highest BCUT2D eigenvalue weighted by Crippen LogP contribution is 2.70. The second-order valence-corrected chi connectivity index (χ2v) is 14.9. The van der Waals surface area contributed by atoms with Crippen molar-refractivity contribution in [1.82, 2.24) is 0 Å². The van der Waals surface area contributed by atoms with Crippen LogP contribution in [0.4, 0.5) is 0 Å². The summed E-state index contributed by atoms with van der Waals surface area (Å²) in [4.78, 5) is 0. The van der Waals surface area contributed by atoms with Gasteiger partial charge in [-0.15, -0.1) is 0 Å². The van der Waals surface area contributed by atoms with Crippen molar-refractivity contribution in [3.8, 4) is 0 Å². The average Bonchev–Trinajstić information content (AvgIpc) is 2.75. The molecule has 0 bridgehead atoms. The van der Waals surface area contributed by atoms with Crippen LogP contribution in [-0.4, -0.2) is 35.7 Å². The third-order valence-corrected chi connectivity index (χ3v) is 12.8. The van der Waals surface area contributed by atoms with E-state index in [1.54, 1.807) is 0 Å². The first-order valence-corrected chi connectivity index (χ1v) is 13.8. The molecule has 34 heavy (non-hydrogen) atoms. The van der Waals surface area contributed by atoms with E-state index in [0.717, 1.165) is 19.3 Å². The number of fused-ring (bicyclic) bond motifs is 7. The molecule has 0 aliphatic heterocycles. The van der Waals surface area contributed by atoms with E-state index in [2.05, 4.69) is 47.6 Å². The lowest BCUT2D eigenvalue weighted by Crippen LogP contribution is -2.84. The SMILES string of the molecule is CC1(C)CC2C3=CCC4C(C)(CCC5C(C)(C)C(N)CCC54C)C3C(N)C(N)C2(N)C(N)C1N. The fraction of sp³-hybridized carbons (Fsp3) is 0.929. The van der Waals surface area contributed by atoms with Crippen LogP contribution >= 0.6 is 0 Å². The van der Waals surface area contributed by atoms with Crippen molar-refractivity contribution in [2.75, 3.05) is 0 Å². The van der Waals surface area contributed by atoms with E-state index in [-0.39, 0.29) is 63.7 Å². The van der Waals surface area contributed by atoms with Crippen LogP contribution in [0.5, 0.6) is 0 Å². The van der Waals surface area contributed by atoms with Crippen molar-refractivity contribution in [2.24, 2.45) is 79.7 Å². The van der Waals surface area contributed by atoms with Gasteiger partial charge in [-0.25, -0.2) is 0 Å². The number of rotatable bonds is 0. The fourth-order valence-corrected chi connectivity index (χ4v) is 10.6. The minimum Gasteiger partial charge on any atom is -0.327 e. The van der Waals surface area contributed by atoms with E-state index < -0.39 is 5.54 Å². The molecule has 0 heterocycles. The van der Waals surface area contributed by atoms with Crippen LogP contribution in [0, 0.1) is 45.3 Å². The first-order chi connectivity index (χ1) is 15.5. The summed E-state index contributed by atoms with van der Waals surface area (Å²) in [6, 6.07) is -0.862. The highest BCUT2D eigenvalue weighted by Gasteiger charge is 2.68. The largest absolute Gasteiger partial charge is 0.327 e. The molecule has 12 N–H and O–H groups in total. The molecule has 6 nitrogen and oxygen atoms in total. The molecule has 5 aliphatic rings. The molecule has 5 aliphatic carbocycles. The van der Waals surface area contributed by atoms with Crippen LogP contribution < -0.4 is 34.4 Å². The summed E-state index contributed by atoms with van der Waals surface area (Å²) in [5, 5.41) is 0. The van der Waals surface area contributed by atoms with Gasteiger partial charge in [-0.3, -0.25) is 0 Å². The summed E-state index contributed by atoms with van der Waals surface area (Å²) < 4.78 is 0. The molecule has 4 fully saturated rings. The lowest BCUT2D eigenvalue weighted by molar-refractivity contribution is -0.161. The molecular weight excluding hydrogens is 420 g/mol. The Kier molecular flexibility index (Phi) is 5.40. The van der Waals surface area contributed by atoms with Gasteiger partial charge >= 0.3 is 0 Å². The van der Waals surface area contributed by atoms with Crippen LogP contribution in [0.2, 0.25) is 0 Å². The van der Waals surface area contributed by atoms with Gasteiger partial charge in [-0.05, 0) is 72.0 Å². The van der Waals surface area contributed by atoms with Gasteiger partial charge in [0.15, 0.2) is 0 Å². The van der Waals surface area contributed by atoms with E-state index in [1.807, 2.05) is 0 Å². The molecule has 0 aromatic heterocycles. The molecule has 4 saturated carbocycles. The molecule has 12 atom stereocenters. The maximum atomic E-state index is 7.19. The van der Waals surface area contributed by atoms with E-state index in [0.29, 0.717) is 11.8 Å². The Morgan fingerprint density at radius 1 is 0.765 bits per heavy atom. The Balaban J connectivity index is 1.60. The molecular formula is C28H52N6. The van der Waals surface area contributed by atoms with Crippen molar-refractivity contribution in [2.45, 2.75) is 116 Å². The monoisotopic (exact) mass is 472 g/mol. The molecule has 194 valence electrons. The maximum Gasteiger partial charge on any atom is 0.0558 e. The van der Waals surface area contributed by atoms with Gasteiger partial charge in [0, 0.05) is 42.0 Å². The van der Waals surface area contributed by atoms with E-state index in [9.17, 15) is 0 Å². The zero-order valence-corrected chi connectivity index (χ0v) is 22.5. The third kappa shape index (κ3) is 2.84. The first-order valence-electron chi connectivity index (χ1n) is 13.8. The standard InChI is InChI=1S/C28H52N6/c1-24(2)13-15-14-7-8-17-26(5)12-10-18(29)25(3,4)16(26)9-11-27(17,6)19(14)20(30)21(31)28(15,34)23(33)22(24)32/h7,15-23H,8-13,29-34H2,1-6H3. The number of hydrogen-bond donors (Lipinski definition) is 6. The molecule has 5 rings (SSSR count). The fourth-order valence-electron chi connectivity index (χ4n) is 10.6. The van der Waals surface area contributed by atoms with Crippen LogP contribution in [-0.2, 0) is 0 Å². The molecule has 6 heteroatoms.